The second-order valence-corrected chi connectivity index (χ2v) is 14.8. The van der Waals surface area contributed by atoms with Crippen molar-refractivity contribution in [2.24, 2.45) is 22.7 Å². The summed E-state index contributed by atoms with van der Waals surface area (Å²) in [5.74, 6) is 0.597. The van der Waals surface area contributed by atoms with E-state index >= 15 is 0 Å². The van der Waals surface area contributed by atoms with E-state index in [1.807, 2.05) is 0 Å². The summed E-state index contributed by atoms with van der Waals surface area (Å²) in [6.07, 6.45) is 4.44. The highest BCUT2D eigenvalue weighted by molar-refractivity contribution is 6.69. The molecule has 2 fully saturated rings. The van der Waals surface area contributed by atoms with Crippen LogP contribution in [0.25, 0.3) is 0 Å². The minimum Gasteiger partial charge on any atom is -0.417 e. The van der Waals surface area contributed by atoms with Gasteiger partial charge in [-0.25, -0.2) is 0 Å². The van der Waals surface area contributed by atoms with Crippen LogP contribution in [0, 0.1) is 22.7 Å². The summed E-state index contributed by atoms with van der Waals surface area (Å²) in [6, 6.07) is 0. The van der Waals surface area contributed by atoms with Gasteiger partial charge in [0.05, 0.1) is 10.8 Å². The number of fused-ring (bicyclic) bond motifs is 1. The Balaban J connectivity index is 2.40. The second kappa shape index (κ2) is 7.06. The molecule has 0 aromatic carbocycles. The molecule has 0 aromatic rings. The monoisotopic (exact) mass is 390 g/mol. The lowest BCUT2D eigenvalue weighted by molar-refractivity contribution is -0.113. The van der Waals surface area contributed by atoms with Gasteiger partial charge < -0.3 is 9.22 Å². The van der Waals surface area contributed by atoms with Crippen molar-refractivity contribution in [1.82, 2.24) is 0 Å². The molecular weight excluding hydrogens is 359 g/mol. The Hall–Kier alpha value is 0.167. The number of allylic oxidation sites excluding steroid dienone is 1. The number of carbonyl (C=O) groups is 1. The Morgan fingerprint density at radius 1 is 1.33 bits per heavy atom. The normalized spacial score (nSPS) is 43.4. The fraction of sp³-hybridized carbons (Fsp3) is 0.842. The van der Waals surface area contributed by atoms with Crippen molar-refractivity contribution in [2.45, 2.75) is 69.9 Å². The number of alkyl halides is 2. The van der Waals surface area contributed by atoms with Crippen LogP contribution in [0.15, 0.2) is 12.2 Å². The molecule has 0 aliphatic heterocycles. The highest BCUT2D eigenvalue weighted by atomic mass is 35.5. The molecule has 0 amide bonds. The predicted molar refractivity (Wildman–Crippen MR) is 105 cm³/mol. The first-order valence-electron chi connectivity index (χ1n) is 8.99. The topological polar surface area (TPSA) is 26.3 Å². The number of halogens is 2. The van der Waals surface area contributed by atoms with Gasteiger partial charge in [-0.15, -0.1) is 23.2 Å². The summed E-state index contributed by atoms with van der Waals surface area (Å²) < 4.78 is 6.31. The first-order chi connectivity index (χ1) is 11.0. The lowest BCUT2D eigenvalue weighted by atomic mass is 9.46. The maximum atomic E-state index is 11.3. The molecule has 0 spiro atoms. The SMILES string of the molecule is C=C1CC[C@H]2[C@](C)(CO[Si](C)(C)C)[C@H](Cl)[C@@H](Cl)C[C@]2(C)[C@H]1CC=O. The van der Waals surface area contributed by atoms with Crippen molar-refractivity contribution in [1.29, 1.82) is 0 Å². The van der Waals surface area contributed by atoms with Crippen molar-refractivity contribution in [2.75, 3.05) is 6.61 Å². The van der Waals surface area contributed by atoms with E-state index in [0.29, 0.717) is 18.9 Å². The van der Waals surface area contributed by atoms with Gasteiger partial charge in [0.15, 0.2) is 8.32 Å². The molecule has 2 nitrogen and oxygen atoms in total. The Kier molecular flexibility index (Phi) is 6.02. The molecule has 0 bridgehead atoms. The first kappa shape index (κ1) is 20.5. The van der Waals surface area contributed by atoms with Gasteiger partial charge in [-0.2, -0.15) is 0 Å². The van der Waals surface area contributed by atoms with Gasteiger partial charge in [0.2, 0.25) is 0 Å². The third-order valence-corrected chi connectivity index (χ3v) is 8.71. The highest BCUT2D eigenvalue weighted by Gasteiger charge is 2.60. The Labute approximate surface area is 158 Å². The van der Waals surface area contributed by atoms with Crippen LogP contribution in [-0.4, -0.2) is 32.0 Å². The van der Waals surface area contributed by atoms with Crippen LogP contribution in [0.2, 0.25) is 19.6 Å². The van der Waals surface area contributed by atoms with Crippen molar-refractivity contribution in [3.8, 4) is 0 Å². The van der Waals surface area contributed by atoms with Gasteiger partial charge in [0, 0.05) is 18.4 Å². The van der Waals surface area contributed by atoms with Gasteiger partial charge in [0.1, 0.15) is 6.29 Å². The first-order valence-corrected chi connectivity index (χ1v) is 13.3. The summed E-state index contributed by atoms with van der Waals surface area (Å²) in [7, 11) is -1.64. The third-order valence-electron chi connectivity index (χ3n) is 6.37. The fourth-order valence-electron chi connectivity index (χ4n) is 5.12. The minimum atomic E-state index is -1.64. The van der Waals surface area contributed by atoms with E-state index in [1.54, 1.807) is 0 Å². The average Bonchev–Trinajstić information content (AvgIpc) is 2.46. The van der Waals surface area contributed by atoms with Crippen LogP contribution in [0.3, 0.4) is 0 Å². The van der Waals surface area contributed by atoms with Crippen molar-refractivity contribution in [3.05, 3.63) is 12.2 Å². The van der Waals surface area contributed by atoms with Gasteiger partial charge in [-0.05, 0) is 56.2 Å². The van der Waals surface area contributed by atoms with Crippen LogP contribution in [0.1, 0.15) is 39.5 Å². The smallest absolute Gasteiger partial charge is 0.183 e. The quantitative estimate of drug-likeness (QED) is 0.262. The van der Waals surface area contributed by atoms with Crippen LogP contribution >= 0.6 is 23.2 Å². The molecular formula is C19H32Cl2O2Si. The average molecular weight is 391 g/mol. The Morgan fingerprint density at radius 3 is 2.50 bits per heavy atom. The van der Waals surface area contributed by atoms with E-state index in [4.69, 9.17) is 27.6 Å². The second-order valence-electron chi connectivity index (χ2n) is 9.24. The molecule has 2 aliphatic carbocycles. The number of carbonyl (C=O) groups excluding carboxylic acids is 1. The molecule has 2 rings (SSSR count). The van der Waals surface area contributed by atoms with Gasteiger partial charge in [-0.1, -0.05) is 26.0 Å². The van der Waals surface area contributed by atoms with Gasteiger partial charge in [0.25, 0.3) is 0 Å². The van der Waals surface area contributed by atoms with E-state index in [2.05, 4.69) is 40.1 Å². The van der Waals surface area contributed by atoms with Crippen LogP contribution in [0.5, 0.6) is 0 Å². The Bertz CT molecular complexity index is 504. The van der Waals surface area contributed by atoms with E-state index < -0.39 is 8.32 Å². The maximum Gasteiger partial charge on any atom is 0.183 e. The summed E-state index contributed by atoms with van der Waals surface area (Å²) in [5.41, 5.74) is 0.987. The summed E-state index contributed by atoms with van der Waals surface area (Å²) in [6.45, 7) is 16.1. The molecule has 5 heteroatoms. The standard InChI is InChI=1S/C19H32Cl2O2Si/c1-13-7-8-16-18(2,14(13)9-10-22)11-15(20)17(21)19(16,3)12-23-24(4,5)6/h10,14-17H,1,7-9,11-12H2,2-6H3/t14-,15-,16+,17+,18+,19-/m0/s1. The molecule has 138 valence electrons. The number of aldehydes is 1. The molecule has 0 N–H and O–H groups in total. The molecule has 0 saturated heterocycles. The summed E-state index contributed by atoms with van der Waals surface area (Å²) in [5, 5.41) is -0.222. The van der Waals surface area contributed by atoms with Crippen molar-refractivity contribution < 1.29 is 9.22 Å². The molecule has 2 saturated carbocycles. The Morgan fingerprint density at radius 2 is 1.96 bits per heavy atom. The highest BCUT2D eigenvalue weighted by Crippen LogP contribution is 2.63. The minimum absolute atomic E-state index is 0.0361. The molecule has 0 unspecified atom stereocenters. The zero-order valence-electron chi connectivity index (χ0n) is 15.7. The van der Waals surface area contributed by atoms with Gasteiger partial charge >= 0.3 is 0 Å². The molecule has 6 atom stereocenters. The van der Waals surface area contributed by atoms with E-state index in [0.717, 1.165) is 25.5 Å². The van der Waals surface area contributed by atoms with Crippen LogP contribution in [-0.2, 0) is 9.22 Å². The summed E-state index contributed by atoms with van der Waals surface area (Å²) >= 11 is 13.6. The molecule has 0 heterocycles. The maximum absolute atomic E-state index is 11.3. The predicted octanol–water partition coefficient (Wildman–Crippen LogP) is 5.64. The zero-order valence-corrected chi connectivity index (χ0v) is 18.2. The largest absolute Gasteiger partial charge is 0.417 e. The molecule has 0 aromatic heterocycles. The van der Waals surface area contributed by atoms with E-state index in [9.17, 15) is 4.79 Å². The van der Waals surface area contributed by atoms with E-state index in [-0.39, 0.29) is 27.5 Å². The number of hydrogen-bond donors (Lipinski definition) is 0. The lowest BCUT2D eigenvalue weighted by Crippen LogP contribution is -2.60. The number of rotatable bonds is 5. The van der Waals surface area contributed by atoms with Crippen LogP contribution in [0.4, 0.5) is 0 Å². The zero-order chi connectivity index (χ0) is 18.3. The fourth-order valence-corrected chi connectivity index (χ4v) is 6.79. The van der Waals surface area contributed by atoms with Crippen molar-refractivity contribution >= 4 is 37.8 Å². The third kappa shape index (κ3) is 3.65. The molecule has 2 aliphatic rings. The summed E-state index contributed by atoms with van der Waals surface area (Å²) in [4.78, 5) is 11.3. The van der Waals surface area contributed by atoms with Crippen LogP contribution < -0.4 is 0 Å². The number of hydrogen-bond acceptors (Lipinski definition) is 2. The van der Waals surface area contributed by atoms with Crippen molar-refractivity contribution in [3.63, 3.8) is 0 Å². The lowest BCUT2D eigenvalue weighted by Gasteiger charge is -2.61. The van der Waals surface area contributed by atoms with E-state index in [1.165, 1.54) is 5.57 Å². The molecule has 0 radical (unpaired) electrons. The molecule has 24 heavy (non-hydrogen) atoms. The van der Waals surface area contributed by atoms with Gasteiger partial charge in [-0.3, -0.25) is 0 Å².